The fourth-order valence-electron chi connectivity index (χ4n) is 2.53. The highest BCUT2D eigenvalue weighted by molar-refractivity contribution is 7.99. The van der Waals surface area contributed by atoms with E-state index in [1.54, 1.807) is 7.11 Å². The van der Waals surface area contributed by atoms with Gasteiger partial charge in [-0.1, -0.05) is 47.6 Å². The molecule has 3 rings (SSSR count). The van der Waals surface area contributed by atoms with Gasteiger partial charge in [0.15, 0.2) is 5.16 Å². The molecule has 0 saturated carbocycles. The molecule has 0 aliphatic rings. The number of rotatable bonds is 8. The topological polar surface area (TPSA) is 69.0 Å². The van der Waals surface area contributed by atoms with E-state index in [-0.39, 0.29) is 11.7 Å². The van der Waals surface area contributed by atoms with Gasteiger partial charge in [-0.05, 0) is 35.4 Å². The molecular formula is C20H21ClN4O2S. The summed E-state index contributed by atoms with van der Waals surface area (Å²) in [5, 5.41) is 12.7. The van der Waals surface area contributed by atoms with Crippen LogP contribution in [0.1, 0.15) is 17.0 Å². The van der Waals surface area contributed by atoms with Crippen LogP contribution in [0.2, 0.25) is 5.02 Å². The largest absolute Gasteiger partial charge is 0.497 e. The summed E-state index contributed by atoms with van der Waals surface area (Å²) < 4.78 is 7.09. The Kier molecular flexibility index (Phi) is 6.95. The van der Waals surface area contributed by atoms with Crippen LogP contribution in [0, 0.1) is 0 Å². The molecule has 6 nitrogen and oxygen atoms in total. The van der Waals surface area contributed by atoms with Crippen molar-refractivity contribution in [2.45, 2.75) is 18.1 Å². The number of carbonyl (C=O) groups is 1. The normalized spacial score (nSPS) is 10.7. The fourth-order valence-corrected chi connectivity index (χ4v) is 3.42. The minimum absolute atomic E-state index is 0.0559. The van der Waals surface area contributed by atoms with Gasteiger partial charge in [0.1, 0.15) is 11.6 Å². The molecule has 2 aromatic carbocycles. The van der Waals surface area contributed by atoms with Crippen LogP contribution < -0.4 is 10.1 Å². The summed E-state index contributed by atoms with van der Waals surface area (Å²) in [4.78, 5) is 12.1. The molecule has 1 aromatic heterocycles. The van der Waals surface area contributed by atoms with E-state index in [0.717, 1.165) is 22.7 Å². The Balaban J connectivity index is 1.50. The van der Waals surface area contributed by atoms with E-state index >= 15 is 0 Å². The van der Waals surface area contributed by atoms with E-state index in [4.69, 9.17) is 16.3 Å². The summed E-state index contributed by atoms with van der Waals surface area (Å²) in [6.45, 7) is 0.470. The third-order valence-electron chi connectivity index (χ3n) is 4.18. The average molecular weight is 417 g/mol. The minimum atomic E-state index is -0.0559. The van der Waals surface area contributed by atoms with E-state index in [1.165, 1.54) is 11.8 Å². The molecule has 0 spiro atoms. The van der Waals surface area contributed by atoms with Gasteiger partial charge in [0, 0.05) is 25.0 Å². The van der Waals surface area contributed by atoms with Crippen LogP contribution in [0.15, 0.2) is 53.7 Å². The number of hydrogen-bond donors (Lipinski definition) is 1. The Morgan fingerprint density at radius 3 is 2.46 bits per heavy atom. The molecule has 1 amide bonds. The van der Waals surface area contributed by atoms with Crippen molar-refractivity contribution in [3.05, 3.63) is 70.5 Å². The van der Waals surface area contributed by atoms with Gasteiger partial charge < -0.3 is 14.6 Å². The molecule has 0 aliphatic heterocycles. The zero-order valence-electron chi connectivity index (χ0n) is 15.7. The number of nitrogens with zero attached hydrogens (tertiary/aromatic N) is 3. The summed E-state index contributed by atoms with van der Waals surface area (Å²) in [6.07, 6.45) is 0.664. The standard InChI is InChI=1S/C20H21ClN4O2S/c1-25-18(11-14-5-9-17(27-2)10-6-14)23-24-20(25)28-13-19(26)22-12-15-3-7-16(21)8-4-15/h3-10H,11-13H2,1-2H3,(H,22,26). The maximum absolute atomic E-state index is 12.1. The lowest BCUT2D eigenvalue weighted by Crippen LogP contribution is -2.24. The first-order chi connectivity index (χ1) is 13.5. The smallest absolute Gasteiger partial charge is 0.230 e. The molecule has 146 valence electrons. The predicted octanol–water partition coefficient (Wildman–Crippen LogP) is 3.48. The van der Waals surface area contributed by atoms with Gasteiger partial charge in [-0.25, -0.2) is 0 Å². The highest BCUT2D eigenvalue weighted by Gasteiger charge is 2.12. The summed E-state index contributed by atoms with van der Waals surface area (Å²) in [5.41, 5.74) is 2.12. The van der Waals surface area contributed by atoms with Crippen LogP contribution in [-0.4, -0.2) is 33.5 Å². The molecule has 1 N–H and O–H groups in total. The second kappa shape index (κ2) is 9.61. The lowest BCUT2D eigenvalue weighted by molar-refractivity contribution is -0.118. The van der Waals surface area contributed by atoms with Crippen molar-refractivity contribution in [2.75, 3.05) is 12.9 Å². The molecule has 0 aliphatic carbocycles. The number of aromatic nitrogens is 3. The number of amides is 1. The number of thioether (sulfide) groups is 1. The van der Waals surface area contributed by atoms with Crippen molar-refractivity contribution in [1.29, 1.82) is 0 Å². The van der Waals surface area contributed by atoms with E-state index in [1.807, 2.05) is 60.1 Å². The molecular weight excluding hydrogens is 396 g/mol. The van der Waals surface area contributed by atoms with Gasteiger partial charge in [-0.3, -0.25) is 4.79 Å². The molecule has 0 fully saturated rings. The number of hydrogen-bond acceptors (Lipinski definition) is 5. The lowest BCUT2D eigenvalue weighted by Gasteiger charge is -2.06. The van der Waals surface area contributed by atoms with Crippen LogP contribution in [0.25, 0.3) is 0 Å². The summed E-state index contributed by atoms with van der Waals surface area (Å²) in [5.74, 6) is 1.89. The highest BCUT2D eigenvalue weighted by Crippen LogP contribution is 2.18. The maximum Gasteiger partial charge on any atom is 0.230 e. The molecule has 0 unspecified atom stereocenters. The summed E-state index contributed by atoms with van der Waals surface area (Å²) >= 11 is 7.23. The van der Waals surface area contributed by atoms with Crippen LogP contribution >= 0.6 is 23.4 Å². The molecule has 0 atom stereocenters. The average Bonchev–Trinajstić information content (AvgIpc) is 3.06. The van der Waals surface area contributed by atoms with E-state index in [2.05, 4.69) is 15.5 Å². The van der Waals surface area contributed by atoms with Gasteiger partial charge in [-0.15, -0.1) is 10.2 Å². The first-order valence-electron chi connectivity index (χ1n) is 8.70. The lowest BCUT2D eigenvalue weighted by atomic mass is 10.1. The zero-order chi connectivity index (χ0) is 19.9. The van der Waals surface area contributed by atoms with Gasteiger partial charge in [0.2, 0.25) is 5.91 Å². The number of benzene rings is 2. The summed E-state index contributed by atoms with van der Waals surface area (Å²) in [6, 6.07) is 15.3. The number of nitrogens with one attached hydrogen (secondary N) is 1. The Bertz CT molecular complexity index is 926. The Morgan fingerprint density at radius 2 is 1.79 bits per heavy atom. The fraction of sp³-hybridized carbons (Fsp3) is 0.250. The second-order valence-electron chi connectivity index (χ2n) is 6.17. The molecule has 0 radical (unpaired) electrons. The Labute approximate surface area is 173 Å². The van der Waals surface area contributed by atoms with Gasteiger partial charge in [0.25, 0.3) is 0 Å². The van der Waals surface area contributed by atoms with Crippen molar-refractivity contribution < 1.29 is 9.53 Å². The van der Waals surface area contributed by atoms with Crippen molar-refractivity contribution in [2.24, 2.45) is 7.05 Å². The van der Waals surface area contributed by atoms with Crippen molar-refractivity contribution in [3.63, 3.8) is 0 Å². The van der Waals surface area contributed by atoms with Crippen LogP contribution in [0.4, 0.5) is 0 Å². The van der Waals surface area contributed by atoms with Crippen molar-refractivity contribution >= 4 is 29.3 Å². The Hall–Kier alpha value is -2.51. The van der Waals surface area contributed by atoms with Gasteiger partial charge in [0.05, 0.1) is 12.9 Å². The number of carbonyl (C=O) groups excluding carboxylic acids is 1. The van der Waals surface area contributed by atoms with Crippen LogP contribution in [0.5, 0.6) is 5.75 Å². The van der Waals surface area contributed by atoms with Gasteiger partial charge in [-0.2, -0.15) is 0 Å². The van der Waals surface area contributed by atoms with E-state index in [0.29, 0.717) is 23.1 Å². The number of halogens is 1. The van der Waals surface area contributed by atoms with Crippen molar-refractivity contribution in [3.8, 4) is 5.75 Å². The SMILES string of the molecule is COc1ccc(Cc2nnc(SCC(=O)NCc3ccc(Cl)cc3)n2C)cc1. The molecule has 0 bridgehead atoms. The van der Waals surface area contributed by atoms with Crippen LogP contribution in [-0.2, 0) is 24.8 Å². The zero-order valence-corrected chi connectivity index (χ0v) is 17.3. The molecule has 8 heteroatoms. The molecule has 1 heterocycles. The molecule has 28 heavy (non-hydrogen) atoms. The maximum atomic E-state index is 12.1. The summed E-state index contributed by atoms with van der Waals surface area (Å²) in [7, 11) is 3.56. The quantitative estimate of drug-likeness (QED) is 0.569. The minimum Gasteiger partial charge on any atom is -0.497 e. The number of ether oxygens (including phenoxy) is 1. The van der Waals surface area contributed by atoms with Crippen molar-refractivity contribution in [1.82, 2.24) is 20.1 Å². The van der Waals surface area contributed by atoms with Crippen LogP contribution in [0.3, 0.4) is 0 Å². The van der Waals surface area contributed by atoms with E-state index < -0.39 is 0 Å². The first-order valence-corrected chi connectivity index (χ1v) is 10.1. The monoisotopic (exact) mass is 416 g/mol. The first kappa shape index (κ1) is 20.2. The van der Waals surface area contributed by atoms with E-state index in [9.17, 15) is 4.79 Å². The third kappa shape index (κ3) is 5.50. The molecule has 3 aromatic rings. The molecule has 0 saturated heterocycles. The third-order valence-corrected chi connectivity index (χ3v) is 5.45. The second-order valence-corrected chi connectivity index (χ2v) is 7.55. The Morgan fingerprint density at radius 1 is 1.11 bits per heavy atom. The predicted molar refractivity (Wildman–Crippen MR) is 111 cm³/mol. The van der Waals surface area contributed by atoms with Gasteiger partial charge >= 0.3 is 0 Å². The highest BCUT2D eigenvalue weighted by atomic mass is 35.5. The number of methoxy groups -OCH3 is 1.